The number of halogens is 3. The number of nitrogens with two attached hydrogens (primary N) is 1. The quantitative estimate of drug-likeness (QED) is 0.828. The van der Waals surface area contributed by atoms with Crippen LogP contribution in [0.3, 0.4) is 0 Å². The number of hydrogen-bond donors (Lipinski definition) is 1. The molecule has 0 aliphatic carbocycles. The summed E-state index contributed by atoms with van der Waals surface area (Å²) >= 11 is 3.08. The van der Waals surface area contributed by atoms with Crippen molar-refractivity contribution in [2.75, 3.05) is 7.11 Å². The van der Waals surface area contributed by atoms with Crippen LogP contribution < -0.4 is 10.5 Å². The van der Waals surface area contributed by atoms with Crippen LogP contribution in [0.15, 0.2) is 28.7 Å². The number of aryl methyl sites for hydroxylation is 2. The highest BCUT2D eigenvalue weighted by atomic mass is 79.9. The smallest absolute Gasteiger partial charge is 0.173 e. The number of methoxy groups -OCH3 is 1. The fraction of sp³-hybridized carbons (Fsp3) is 0.250. The molecule has 0 aliphatic heterocycles. The summed E-state index contributed by atoms with van der Waals surface area (Å²) in [4.78, 5) is 0. The van der Waals surface area contributed by atoms with Gasteiger partial charge in [-0.15, -0.1) is 0 Å². The minimum absolute atomic E-state index is 0.0582. The van der Waals surface area contributed by atoms with Gasteiger partial charge in [0.05, 0.1) is 17.6 Å². The van der Waals surface area contributed by atoms with Crippen LogP contribution in [-0.4, -0.2) is 7.11 Å². The van der Waals surface area contributed by atoms with E-state index in [2.05, 4.69) is 15.9 Å². The van der Waals surface area contributed by atoms with E-state index in [0.717, 1.165) is 28.5 Å². The number of ether oxygens (including phenoxy) is 1. The first kappa shape index (κ1) is 15.9. The summed E-state index contributed by atoms with van der Waals surface area (Å²) < 4.78 is 32.2. The lowest BCUT2D eigenvalue weighted by atomic mass is 9.93. The third-order valence-corrected chi connectivity index (χ3v) is 4.32. The lowest BCUT2D eigenvalue weighted by Crippen LogP contribution is -2.15. The highest BCUT2D eigenvalue weighted by Gasteiger charge is 2.19. The monoisotopic (exact) mass is 355 g/mol. The van der Waals surface area contributed by atoms with Crippen LogP contribution in [0.4, 0.5) is 8.78 Å². The Bertz CT molecular complexity index is 688. The van der Waals surface area contributed by atoms with Crippen molar-refractivity contribution in [3.05, 3.63) is 62.6 Å². The molecule has 2 N–H and O–H groups in total. The van der Waals surface area contributed by atoms with Gasteiger partial charge in [-0.05, 0) is 64.2 Å². The van der Waals surface area contributed by atoms with Crippen LogP contribution in [0.5, 0.6) is 5.75 Å². The molecule has 0 saturated heterocycles. The van der Waals surface area contributed by atoms with E-state index in [-0.39, 0.29) is 4.47 Å². The van der Waals surface area contributed by atoms with E-state index in [9.17, 15) is 8.78 Å². The Labute approximate surface area is 131 Å². The normalized spacial score (nSPS) is 12.3. The number of hydrogen-bond acceptors (Lipinski definition) is 2. The maximum atomic E-state index is 13.7. The molecule has 2 nitrogen and oxygen atoms in total. The molecular formula is C16H16BrF2NO. The average molecular weight is 356 g/mol. The second kappa shape index (κ2) is 6.12. The minimum Gasteiger partial charge on any atom is -0.496 e. The van der Waals surface area contributed by atoms with Crippen LogP contribution in [0.25, 0.3) is 0 Å². The van der Waals surface area contributed by atoms with E-state index >= 15 is 0 Å². The highest BCUT2D eigenvalue weighted by molar-refractivity contribution is 9.10. The molecule has 112 valence electrons. The van der Waals surface area contributed by atoms with Crippen LogP contribution in [0.2, 0.25) is 0 Å². The van der Waals surface area contributed by atoms with Crippen LogP contribution in [0, 0.1) is 25.5 Å². The first-order valence-corrected chi connectivity index (χ1v) is 7.20. The van der Waals surface area contributed by atoms with Crippen LogP contribution in [-0.2, 0) is 0 Å². The van der Waals surface area contributed by atoms with Gasteiger partial charge in [0.15, 0.2) is 11.6 Å². The van der Waals surface area contributed by atoms with Gasteiger partial charge in [-0.1, -0.05) is 12.1 Å². The number of benzene rings is 2. The molecule has 2 aromatic carbocycles. The summed E-state index contributed by atoms with van der Waals surface area (Å²) in [6.45, 7) is 3.82. The van der Waals surface area contributed by atoms with E-state index in [1.807, 2.05) is 26.0 Å². The second-order valence-electron chi connectivity index (χ2n) is 4.92. The zero-order valence-electron chi connectivity index (χ0n) is 12.0. The van der Waals surface area contributed by atoms with Gasteiger partial charge in [-0.3, -0.25) is 0 Å². The van der Waals surface area contributed by atoms with Gasteiger partial charge in [-0.2, -0.15) is 0 Å². The fourth-order valence-electron chi connectivity index (χ4n) is 2.32. The summed E-state index contributed by atoms with van der Waals surface area (Å²) in [5.74, 6) is -1.06. The molecule has 0 bridgehead atoms. The standard InChI is InChI=1S/C16H16BrF2NO/c1-8-7-13(21-3)9(2)6-11(8)16(20)10-4-5-12(18)15(19)14(10)17/h4-7,16H,20H2,1-3H3. The summed E-state index contributed by atoms with van der Waals surface area (Å²) in [5, 5.41) is 0. The second-order valence-corrected chi connectivity index (χ2v) is 5.71. The molecule has 2 aromatic rings. The van der Waals surface area contributed by atoms with Gasteiger partial charge in [0.25, 0.3) is 0 Å². The molecule has 2 rings (SSSR count). The van der Waals surface area contributed by atoms with E-state index in [1.165, 1.54) is 6.07 Å². The first-order chi connectivity index (χ1) is 9.86. The van der Waals surface area contributed by atoms with Gasteiger partial charge >= 0.3 is 0 Å². The lowest BCUT2D eigenvalue weighted by molar-refractivity contribution is 0.411. The van der Waals surface area contributed by atoms with Crippen molar-refractivity contribution in [2.24, 2.45) is 5.73 Å². The molecule has 0 aliphatic rings. The molecule has 0 fully saturated rings. The Morgan fingerprint density at radius 3 is 2.38 bits per heavy atom. The third kappa shape index (κ3) is 2.94. The Morgan fingerprint density at radius 2 is 1.76 bits per heavy atom. The van der Waals surface area contributed by atoms with E-state index in [1.54, 1.807) is 7.11 Å². The van der Waals surface area contributed by atoms with Crippen molar-refractivity contribution in [1.29, 1.82) is 0 Å². The maximum absolute atomic E-state index is 13.7. The largest absolute Gasteiger partial charge is 0.496 e. The van der Waals surface area contributed by atoms with Crippen molar-refractivity contribution < 1.29 is 13.5 Å². The Kier molecular flexibility index (Phi) is 4.64. The van der Waals surface area contributed by atoms with Gasteiger partial charge < -0.3 is 10.5 Å². The lowest BCUT2D eigenvalue weighted by Gasteiger charge is -2.19. The summed E-state index contributed by atoms with van der Waals surface area (Å²) in [7, 11) is 1.60. The van der Waals surface area contributed by atoms with E-state index < -0.39 is 17.7 Å². The predicted octanol–water partition coefficient (Wildman–Crippen LogP) is 4.40. The fourth-order valence-corrected chi connectivity index (χ4v) is 2.88. The summed E-state index contributed by atoms with van der Waals surface area (Å²) in [6, 6.07) is 5.82. The van der Waals surface area contributed by atoms with Crippen LogP contribution >= 0.6 is 15.9 Å². The van der Waals surface area contributed by atoms with Crippen molar-refractivity contribution >= 4 is 15.9 Å². The Morgan fingerprint density at radius 1 is 1.10 bits per heavy atom. The molecule has 5 heteroatoms. The van der Waals surface area contributed by atoms with Crippen molar-refractivity contribution in [3.63, 3.8) is 0 Å². The highest BCUT2D eigenvalue weighted by Crippen LogP contribution is 2.33. The van der Waals surface area contributed by atoms with Crippen LogP contribution in [0.1, 0.15) is 28.3 Å². The van der Waals surface area contributed by atoms with Gasteiger partial charge in [0.1, 0.15) is 5.75 Å². The minimum atomic E-state index is -0.925. The summed E-state index contributed by atoms with van der Waals surface area (Å²) in [5.41, 5.74) is 9.46. The van der Waals surface area contributed by atoms with Crippen molar-refractivity contribution in [1.82, 2.24) is 0 Å². The summed E-state index contributed by atoms with van der Waals surface area (Å²) in [6.07, 6.45) is 0. The van der Waals surface area contributed by atoms with Gasteiger partial charge in [0.2, 0.25) is 0 Å². The van der Waals surface area contributed by atoms with Gasteiger partial charge in [0, 0.05) is 0 Å². The molecule has 0 spiro atoms. The molecule has 0 heterocycles. The molecule has 21 heavy (non-hydrogen) atoms. The SMILES string of the molecule is COc1cc(C)c(C(N)c2ccc(F)c(F)c2Br)cc1C. The zero-order valence-corrected chi connectivity index (χ0v) is 13.6. The Hall–Kier alpha value is -1.46. The van der Waals surface area contributed by atoms with E-state index in [0.29, 0.717) is 5.56 Å². The topological polar surface area (TPSA) is 35.2 Å². The first-order valence-electron chi connectivity index (χ1n) is 6.41. The predicted molar refractivity (Wildman–Crippen MR) is 82.6 cm³/mol. The molecule has 0 amide bonds. The third-order valence-electron chi connectivity index (χ3n) is 3.52. The van der Waals surface area contributed by atoms with Crippen molar-refractivity contribution in [2.45, 2.75) is 19.9 Å². The zero-order chi connectivity index (χ0) is 15.7. The average Bonchev–Trinajstić information content (AvgIpc) is 2.46. The molecule has 0 aromatic heterocycles. The molecular weight excluding hydrogens is 340 g/mol. The molecule has 1 unspecified atom stereocenters. The van der Waals surface area contributed by atoms with Gasteiger partial charge in [-0.25, -0.2) is 8.78 Å². The number of rotatable bonds is 3. The molecule has 0 radical (unpaired) electrons. The van der Waals surface area contributed by atoms with Crippen molar-refractivity contribution in [3.8, 4) is 5.75 Å². The maximum Gasteiger partial charge on any atom is 0.173 e. The molecule has 1 atom stereocenters. The Balaban J connectivity index is 2.53. The molecule has 0 saturated carbocycles. The van der Waals surface area contributed by atoms with E-state index in [4.69, 9.17) is 10.5 Å².